The first-order valence-corrected chi connectivity index (χ1v) is 8.17. The molecule has 0 spiro atoms. The van der Waals surface area contributed by atoms with Crippen LogP contribution in [0.5, 0.6) is 0 Å². The lowest BCUT2D eigenvalue weighted by molar-refractivity contribution is 0.122. The zero-order valence-electron chi connectivity index (χ0n) is 13.1. The maximum atomic E-state index is 5.48. The number of nitrogens with one attached hydrogen (secondary N) is 1. The van der Waals surface area contributed by atoms with Gasteiger partial charge in [-0.2, -0.15) is 0 Å². The number of likely N-dealkylation sites (tertiary alicyclic amines) is 1. The largest absolute Gasteiger partial charge is 0.378 e. The molecule has 2 fully saturated rings. The third kappa shape index (κ3) is 3.76. The normalized spacial score (nSPS) is 24.2. The van der Waals surface area contributed by atoms with E-state index in [1.54, 1.807) is 0 Å². The Morgan fingerprint density at radius 2 is 2.00 bits per heavy atom. The Morgan fingerprint density at radius 1 is 1.19 bits per heavy atom. The smallest absolute Gasteiger partial charge is 0.0642 e. The Morgan fingerprint density at radius 3 is 2.81 bits per heavy atom. The summed E-state index contributed by atoms with van der Waals surface area (Å²) in [5, 5.41) is 3.43. The molecule has 0 amide bonds. The number of hydrogen-bond acceptors (Lipinski definition) is 4. The van der Waals surface area contributed by atoms with Crippen LogP contribution in [-0.4, -0.2) is 57.4 Å². The van der Waals surface area contributed by atoms with Crippen molar-refractivity contribution < 1.29 is 4.74 Å². The number of ether oxygens (including phenoxy) is 1. The van der Waals surface area contributed by atoms with Gasteiger partial charge in [0.2, 0.25) is 0 Å². The second-order valence-electron chi connectivity index (χ2n) is 6.09. The number of rotatable bonds is 4. The first-order valence-electron chi connectivity index (χ1n) is 8.17. The molecule has 2 aliphatic rings. The van der Waals surface area contributed by atoms with E-state index in [0.717, 1.165) is 39.4 Å². The van der Waals surface area contributed by atoms with Gasteiger partial charge >= 0.3 is 0 Å². The first-order chi connectivity index (χ1) is 10.4. The Hall–Kier alpha value is -1.10. The van der Waals surface area contributed by atoms with Gasteiger partial charge in [-0.05, 0) is 38.1 Å². The maximum Gasteiger partial charge on any atom is 0.0642 e. The molecular weight excluding hydrogens is 262 g/mol. The van der Waals surface area contributed by atoms with Crippen molar-refractivity contribution in [3.63, 3.8) is 0 Å². The summed E-state index contributed by atoms with van der Waals surface area (Å²) in [5.41, 5.74) is 2.85. The highest BCUT2D eigenvalue weighted by Gasteiger charge is 2.20. The number of morpholine rings is 1. The molecule has 2 aliphatic heterocycles. The second-order valence-corrected chi connectivity index (χ2v) is 6.09. The zero-order chi connectivity index (χ0) is 14.5. The van der Waals surface area contributed by atoms with Gasteiger partial charge in [-0.15, -0.1) is 0 Å². The van der Waals surface area contributed by atoms with Crippen molar-refractivity contribution in [2.75, 3.05) is 51.3 Å². The topological polar surface area (TPSA) is 27.7 Å². The third-order valence-electron chi connectivity index (χ3n) is 4.65. The molecule has 1 unspecified atom stereocenters. The second kappa shape index (κ2) is 7.25. The van der Waals surface area contributed by atoms with Crippen LogP contribution in [0.3, 0.4) is 0 Å². The molecule has 0 radical (unpaired) electrons. The molecule has 2 heterocycles. The van der Waals surface area contributed by atoms with Crippen molar-refractivity contribution >= 4 is 5.69 Å². The van der Waals surface area contributed by atoms with Gasteiger partial charge in [0.1, 0.15) is 0 Å². The Labute approximate surface area is 128 Å². The number of hydrogen-bond donors (Lipinski definition) is 1. The molecule has 1 aromatic rings. The van der Waals surface area contributed by atoms with Gasteiger partial charge in [0.25, 0.3) is 0 Å². The van der Waals surface area contributed by atoms with Crippen LogP contribution in [0.4, 0.5) is 5.69 Å². The van der Waals surface area contributed by atoms with Gasteiger partial charge in [0, 0.05) is 37.9 Å². The van der Waals surface area contributed by atoms with E-state index in [1.807, 2.05) is 0 Å². The molecule has 2 saturated heterocycles. The lowest BCUT2D eigenvalue weighted by Gasteiger charge is -2.35. The minimum absolute atomic E-state index is 0.647. The van der Waals surface area contributed by atoms with Crippen LogP contribution in [0, 0.1) is 0 Å². The molecule has 0 saturated carbocycles. The lowest BCUT2D eigenvalue weighted by Crippen LogP contribution is -2.44. The molecule has 21 heavy (non-hydrogen) atoms. The highest BCUT2D eigenvalue weighted by Crippen LogP contribution is 2.24. The number of nitrogens with zero attached hydrogens (tertiary/aromatic N) is 2. The summed E-state index contributed by atoms with van der Waals surface area (Å²) in [6, 6.07) is 9.52. The van der Waals surface area contributed by atoms with Crippen LogP contribution in [0.25, 0.3) is 0 Å². The molecule has 4 heteroatoms. The van der Waals surface area contributed by atoms with Crippen molar-refractivity contribution in [1.82, 2.24) is 10.2 Å². The predicted octanol–water partition coefficient (Wildman–Crippen LogP) is 1.71. The van der Waals surface area contributed by atoms with Crippen LogP contribution in [0.2, 0.25) is 0 Å². The molecule has 3 rings (SSSR count). The van der Waals surface area contributed by atoms with Gasteiger partial charge in [-0.1, -0.05) is 18.2 Å². The molecule has 1 atom stereocenters. The van der Waals surface area contributed by atoms with E-state index in [-0.39, 0.29) is 0 Å². The summed E-state index contributed by atoms with van der Waals surface area (Å²) < 4.78 is 5.48. The minimum Gasteiger partial charge on any atom is -0.378 e. The standard InChI is InChI=1S/C17H27N3O/c1-18-16-6-4-8-19(14-16)13-15-5-2-3-7-17(15)20-9-11-21-12-10-20/h2-3,5,7,16,18H,4,6,8-14H2,1H3. The van der Waals surface area contributed by atoms with Gasteiger partial charge in [0.15, 0.2) is 0 Å². The average Bonchev–Trinajstić information content (AvgIpc) is 2.56. The molecule has 0 aliphatic carbocycles. The van der Waals surface area contributed by atoms with Crippen molar-refractivity contribution in [2.45, 2.75) is 25.4 Å². The van der Waals surface area contributed by atoms with E-state index in [9.17, 15) is 0 Å². The van der Waals surface area contributed by atoms with Gasteiger partial charge in [-0.3, -0.25) is 4.90 Å². The number of para-hydroxylation sites is 1. The fourth-order valence-corrected chi connectivity index (χ4v) is 3.43. The molecule has 1 N–H and O–H groups in total. The van der Waals surface area contributed by atoms with Crippen LogP contribution >= 0.6 is 0 Å². The van der Waals surface area contributed by atoms with Gasteiger partial charge in [0.05, 0.1) is 13.2 Å². The van der Waals surface area contributed by atoms with E-state index < -0.39 is 0 Å². The van der Waals surface area contributed by atoms with E-state index >= 15 is 0 Å². The first kappa shape index (κ1) is 14.8. The Balaban J connectivity index is 1.69. The highest BCUT2D eigenvalue weighted by atomic mass is 16.5. The monoisotopic (exact) mass is 289 g/mol. The highest BCUT2D eigenvalue weighted by molar-refractivity contribution is 5.53. The fourth-order valence-electron chi connectivity index (χ4n) is 3.43. The van der Waals surface area contributed by atoms with Crippen LogP contribution in [0.15, 0.2) is 24.3 Å². The SMILES string of the molecule is CNC1CCCN(Cc2ccccc2N2CCOCC2)C1. The van der Waals surface area contributed by atoms with Gasteiger partial charge < -0.3 is 15.0 Å². The molecule has 4 nitrogen and oxygen atoms in total. The van der Waals surface area contributed by atoms with Crippen molar-refractivity contribution in [3.8, 4) is 0 Å². The van der Waals surface area contributed by atoms with Crippen LogP contribution in [0.1, 0.15) is 18.4 Å². The minimum atomic E-state index is 0.647. The summed E-state index contributed by atoms with van der Waals surface area (Å²) in [4.78, 5) is 5.06. The summed E-state index contributed by atoms with van der Waals surface area (Å²) in [6.07, 6.45) is 2.60. The van der Waals surface area contributed by atoms with Crippen LogP contribution < -0.4 is 10.2 Å². The van der Waals surface area contributed by atoms with E-state index in [0.29, 0.717) is 6.04 Å². The van der Waals surface area contributed by atoms with Crippen molar-refractivity contribution in [2.24, 2.45) is 0 Å². The molecule has 0 aromatic heterocycles. The quantitative estimate of drug-likeness (QED) is 0.913. The number of benzene rings is 1. The third-order valence-corrected chi connectivity index (χ3v) is 4.65. The molecule has 116 valence electrons. The predicted molar refractivity (Wildman–Crippen MR) is 86.8 cm³/mol. The summed E-state index contributed by atoms with van der Waals surface area (Å²) in [7, 11) is 2.08. The number of piperidine rings is 1. The lowest BCUT2D eigenvalue weighted by atomic mass is 10.0. The van der Waals surface area contributed by atoms with Crippen LogP contribution in [-0.2, 0) is 11.3 Å². The molecule has 1 aromatic carbocycles. The molecule has 0 bridgehead atoms. The van der Waals surface area contributed by atoms with Gasteiger partial charge in [-0.25, -0.2) is 0 Å². The summed E-state index contributed by atoms with van der Waals surface area (Å²) in [5.74, 6) is 0. The van der Waals surface area contributed by atoms with E-state index in [4.69, 9.17) is 4.74 Å². The average molecular weight is 289 g/mol. The van der Waals surface area contributed by atoms with Crippen molar-refractivity contribution in [3.05, 3.63) is 29.8 Å². The summed E-state index contributed by atoms with van der Waals surface area (Å²) >= 11 is 0. The fraction of sp³-hybridized carbons (Fsp3) is 0.647. The Kier molecular flexibility index (Phi) is 5.12. The van der Waals surface area contributed by atoms with Crippen molar-refractivity contribution in [1.29, 1.82) is 0 Å². The zero-order valence-corrected chi connectivity index (χ0v) is 13.1. The Bertz CT molecular complexity index is 445. The molecular formula is C17H27N3O. The number of anilines is 1. The number of likely N-dealkylation sites (N-methyl/N-ethyl adjacent to an activating group) is 1. The van der Waals surface area contributed by atoms with E-state index in [1.165, 1.54) is 30.6 Å². The van der Waals surface area contributed by atoms with E-state index in [2.05, 4.69) is 46.4 Å². The summed E-state index contributed by atoms with van der Waals surface area (Å²) in [6.45, 7) is 7.15. The maximum absolute atomic E-state index is 5.48.